The molecule has 0 saturated carbocycles. The second-order valence-electron chi connectivity index (χ2n) is 6.64. The van der Waals surface area contributed by atoms with E-state index in [1.165, 1.54) is 23.4 Å². The number of carbonyl (C=O) groups is 2. The van der Waals surface area contributed by atoms with Crippen molar-refractivity contribution < 1.29 is 22.7 Å². The van der Waals surface area contributed by atoms with Crippen molar-refractivity contribution in [2.45, 2.75) is 26.4 Å². The lowest BCUT2D eigenvalue weighted by Gasteiger charge is -2.17. The van der Waals surface area contributed by atoms with Crippen LogP contribution in [-0.2, 0) is 19.6 Å². The van der Waals surface area contributed by atoms with Crippen LogP contribution in [0.3, 0.4) is 0 Å². The Kier molecular flexibility index (Phi) is 5.69. The molecule has 8 heteroatoms. The van der Waals surface area contributed by atoms with Gasteiger partial charge in [-0.2, -0.15) is 0 Å². The number of esters is 1. The van der Waals surface area contributed by atoms with Gasteiger partial charge < -0.3 is 10.1 Å². The van der Waals surface area contributed by atoms with Crippen molar-refractivity contribution in [3.05, 3.63) is 59.7 Å². The van der Waals surface area contributed by atoms with Crippen LogP contribution in [0.25, 0.3) is 0 Å². The van der Waals surface area contributed by atoms with Crippen LogP contribution in [0.5, 0.6) is 0 Å². The average molecular weight is 402 g/mol. The predicted molar refractivity (Wildman–Crippen MR) is 107 cm³/mol. The molecule has 1 saturated heterocycles. The summed E-state index contributed by atoms with van der Waals surface area (Å²) in [5.74, 6) is -0.949. The van der Waals surface area contributed by atoms with Gasteiger partial charge in [-0.3, -0.25) is 9.10 Å². The molecule has 28 heavy (non-hydrogen) atoms. The van der Waals surface area contributed by atoms with Gasteiger partial charge in [0.15, 0.2) is 6.10 Å². The third kappa shape index (κ3) is 4.33. The van der Waals surface area contributed by atoms with E-state index in [1.54, 1.807) is 24.3 Å². The van der Waals surface area contributed by atoms with Crippen molar-refractivity contribution in [2.75, 3.05) is 21.9 Å². The first-order chi connectivity index (χ1) is 13.3. The molecule has 0 spiro atoms. The van der Waals surface area contributed by atoms with E-state index in [0.717, 1.165) is 5.56 Å². The summed E-state index contributed by atoms with van der Waals surface area (Å²) >= 11 is 0. The summed E-state index contributed by atoms with van der Waals surface area (Å²) in [5.41, 5.74) is 2.32. The van der Waals surface area contributed by atoms with Gasteiger partial charge in [-0.05, 0) is 56.2 Å². The lowest BCUT2D eigenvalue weighted by Crippen LogP contribution is -2.30. The SMILES string of the molecule is Cc1ccccc1NC(=O)C(C)OC(=O)c1ccc(N2CCCS2(=O)=O)cc1. The molecule has 1 unspecified atom stereocenters. The van der Waals surface area contributed by atoms with E-state index in [4.69, 9.17) is 4.74 Å². The molecule has 1 heterocycles. The van der Waals surface area contributed by atoms with E-state index in [2.05, 4.69) is 5.32 Å². The number of hydrogen-bond acceptors (Lipinski definition) is 5. The van der Waals surface area contributed by atoms with Crippen LogP contribution in [0.1, 0.15) is 29.3 Å². The molecule has 2 aromatic rings. The molecule has 148 valence electrons. The Labute approximate surface area is 164 Å². The van der Waals surface area contributed by atoms with Crippen LogP contribution in [-0.4, -0.2) is 38.7 Å². The minimum atomic E-state index is -3.27. The molecule has 0 aromatic heterocycles. The van der Waals surface area contributed by atoms with Gasteiger partial charge in [0.25, 0.3) is 5.91 Å². The van der Waals surface area contributed by atoms with Crippen LogP contribution in [0.4, 0.5) is 11.4 Å². The van der Waals surface area contributed by atoms with Gasteiger partial charge in [-0.25, -0.2) is 13.2 Å². The van der Waals surface area contributed by atoms with E-state index in [-0.39, 0.29) is 11.3 Å². The third-order valence-corrected chi connectivity index (χ3v) is 6.42. The Balaban J connectivity index is 1.62. The minimum absolute atomic E-state index is 0.129. The molecule has 1 N–H and O–H groups in total. The fourth-order valence-corrected chi connectivity index (χ4v) is 4.49. The zero-order chi connectivity index (χ0) is 20.3. The number of anilines is 2. The van der Waals surface area contributed by atoms with Crippen molar-refractivity contribution in [2.24, 2.45) is 0 Å². The van der Waals surface area contributed by atoms with Crippen molar-refractivity contribution in [3.63, 3.8) is 0 Å². The highest BCUT2D eigenvalue weighted by atomic mass is 32.2. The zero-order valence-electron chi connectivity index (χ0n) is 15.7. The number of nitrogens with zero attached hydrogens (tertiary/aromatic N) is 1. The van der Waals surface area contributed by atoms with Gasteiger partial charge in [-0.15, -0.1) is 0 Å². The monoisotopic (exact) mass is 402 g/mol. The first-order valence-electron chi connectivity index (χ1n) is 8.96. The molecule has 7 nitrogen and oxygen atoms in total. The van der Waals surface area contributed by atoms with E-state index < -0.39 is 28.0 Å². The normalized spacial score (nSPS) is 16.4. The van der Waals surface area contributed by atoms with Crippen LogP contribution in [0.15, 0.2) is 48.5 Å². The van der Waals surface area contributed by atoms with Crippen LogP contribution < -0.4 is 9.62 Å². The smallest absolute Gasteiger partial charge is 0.338 e. The molecule has 1 fully saturated rings. The predicted octanol–water partition coefficient (Wildman–Crippen LogP) is 2.72. The maximum atomic E-state index is 12.3. The topological polar surface area (TPSA) is 92.8 Å². The van der Waals surface area contributed by atoms with Crippen molar-refractivity contribution in [1.82, 2.24) is 0 Å². The lowest BCUT2D eigenvalue weighted by molar-refractivity contribution is -0.123. The summed E-state index contributed by atoms with van der Waals surface area (Å²) in [6.07, 6.45) is -0.398. The van der Waals surface area contributed by atoms with Crippen molar-refractivity contribution in [3.8, 4) is 0 Å². The molecule has 1 aliphatic rings. The molecular formula is C20H22N2O5S. The number of hydrogen-bond donors (Lipinski definition) is 1. The molecule has 0 aliphatic carbocycles. The number of sulfonamides is 1. The number of ether oxygens (including phenoxy) is 1. The highest BCUT2D eigenvalue weighted by Crippen LogP contribution is 2.24. The maximum Gasteiger partial charge on any atom is 0.338 e. The Morgan fingerprint density at radius 1 is 1.11 bits per heavy atom. The molecule has 1 atom stereocenters. The van der Waals surface area contributed by atoms with E-state index in [0.29, 0.717) is 24.3 Å². The molecule has 0 bridgehead atoms. The van der Waals surface area contributed by atoms with Crippen molar-refractivity contribution >= 4 is 33.3 Å². The molecule has 0 radical (unpaired) electrons. The molecule has 1 amide bonds. The Morgan fingerprint density at radius 2 is 1.79 bits per heavy atom. The van der Waals surface area contributed by atoms with Crippen LogP contribution in [0.2, 0.25) is 0 Å². The number of aryl methyl sites for hydroxylation is 1. The van der Waals surface area contributed by atoms with Gasteiger partial charge in [0.05, 0.1) is 17.0 Å². The third-order valence-electron chi connectivity index (χ3n) is 4.55. The highest BCUT2D eigenvalue weighted by Gasteiger charge is 2.28. The van der Waals surface area contributed by atoms with E-state index >= 15 is 0 Å². The van der Waals surface area contributed by atoms with E-state index in [9.17, 15) is 18.0 Å². The molecule has 3 rings (SSSR count). The van der Waals surface area contributed by atoms with Crippen LogP contribution >= 0.6 is 0 Å². The Hall–Kier alpha value is -2.87. The molecule has 2 aromatic carbocycles. The Bertz CT molecular complexity index is 986. The summed E-state index contributed by atoms with van der Waals surface area (Å²) in [5, 5.41) is 2.73. The van der Waals surface area contributed by atoms with Crippen molar-refractivity contribution in [1.29, 1.82) is 0 Å². The number of nitrogens with one attached hydrogen (secondary N) is 1. The first kappa shape index (κ1) is 19.9. The van der Waals surface area contributed by atoms with Gasteiger partial charge >= 0.3 is 5.97 Å². The maximum absolute atomic E-state index is 12.3. The fourth-order valence-electron chi connectivity index (χ4n) is 2.92. The standard InChI is InChI=1S/C20H22N2O5S/c1-14-6-3-4-7-18(14)21-19(23)15(2)27-20(24)16-8-10-17(11-9-16)22-12-5-13-28(22,25)26/h3-4,6-11,15H,5,12-13H2,1-2H3,(H,21,23). The van der Waals surface area contributed by atoms with Crippen LogP contribution in [0, 0.1) is 6.92 Å². The summed E-state index contributed by atoms with van der Waals surface area (Å²) in [7, 11) is -3.27. The summed E-state index contributed by atoms with van der Waals surface area (Å²) in [6.45, 7) is 3.80. The number of amides is 1. The second kappa shape index (κ2) is 8.02. The van der Waals surface area contributed by atoms with Gasteiger partial charge in [0.1, 0.15) is 0 Å². The number of para-hydroxylation sites is 1. The quantitative estimate of drug-likeness (QED) is 0.777. The number of carbonyl (C=O) groups excluding carboxylic acids is 2. The Morgan fingerprint density at radius 3 is 2.39 bits per heavy atom. The summed E-state index contributed by atoms with van der Waals surface area (Å²) in [6, 6.07) is 13.4. The summed E-state index contributed by atoms with van der Waals surface area (Å²) < 4.78 is 30.5. The zero-order valence-corrected chi connectivity index (χ0v) is 16.5. The number of benzene rings is 2. The van der Waals surface area contributed by atoms with Gasteiger partial charge in [-0.1, -0.05) is 18.2 Å². The number of rotatable bonds is 5. The van der Waals surface area contributed by atoms with Gasteiger partial charge in [0.2, 0.25) is 10.0 Å². The fraction of sp³-hybridized carbons (Fsp3) is 0.300. The summed E-state index contributed by atoms with van der Waals surface area (Å²) in [4.78, 5) is 24.6. The average Bonchev–Trinajstić information content (AvgIpc) is 3.02. The minimum Gasteiger partial charge on any atom is -0.449 e. The molecular weight excluding hydrogens is 380 g/mol. The largest absolute Gasteiger partial charge is 0.449 e. The first-order valence-corrected chi connectivity index (χ1v) is 10.6. The second-order valence-corrected chi connectivity index (χ2v) is 8.65. The molecule has 1 aliphatic heterocycles. The lowest BCUT2D eigenvalue weighted by atomic mass is 10.2. The van der Waals surface area contributed by atoms with E-state index in [1.807, 2.05) is 19.1 Å². The highest BCUT2D eigenvalue weighted by molar-refractivity contribution is 7.93. The van der Waals surface area contributed by atoms with Gasteiger partial charge in [0, 0.05) is 12.2 Å².